The molecule has 6 heteroatoms. The number of carboxylic acids is 1. The minimum Gasteiger partial charge on any atom is -0.480 e. The van der Waals surface area contributed by atoms with Gasteiger partial charge in [0.2, 0.25) is 0 Å². The van der Waals surface area contributed by atoms with E-state index in [0.29, 0.717) is 25.2 Å². The molecule has 1 aliphatic rings. The normalized spacial score (nSPS) is 16.0. The number of carboxylic acid groups (broad SMARTS) is 1. The van der Waals surface area contributed by atoms with Crippen LogP contribution in [0, 0.1) is 0 Å². The Kier molecular flexibility index (Phi) is 6.40. The summed E-state index contributed by atoms with van der Waals surface area (Å²) in [6.07, 6.45) is 2.12. The Bertz CT molecular complexity index is 524. The fourth-order valence-electron chi connectivity index (χ4n) is 2.55. The molecule has 0 aromatic heterocycles. The van der Waals surface area contributed by atoms with Crippen molar-refractivity contribution in [3.8, 4) is 0 Å². The van der Waals surface area contributed by atoms with Crippen LogP contribution in [0.25, 0.3) is 0 Å². The van der Waals surface area contributed by atoms with E-state index in [2.05, 4.69) is 10.2 Å². The number of anilines is 1. The molecule has 0 aliphatic carbocycles. The number of aliphatic carboxylic acids is 1. The van der Waals surface area contributed by atoms with Gasteiger partial charge in [0.05, 0.1) is 13.2 Å². The van der Waals surface area contributed by atoms with Crippen molar-refractivity contribution in [1.82, 2.24) is 5.32 Å². The first kappa shape index (κ1) is 17.3. The maximum absolute atomic E-state index is 12.2. The molecule has 6 nitrogen and oxygen atoms in total. The quantitative estimate of drug-likeness (QED) is 0.802. The number of hydrogen-bond acceptors (Lipinski definition) is 4. The number of benzene rings is 1. The van der Waals surface area contributed by atoms with E-state index in [4.69, 9.17) is 4.74 Å². The Balaban J connectivity index is 1.97. The largest absolute Gasteiger partial charge is 0.480 e. The van der Waals surface area contributed by atoms with E-state index in [1.54, 1.807) is 12.1 Å². The number of hydrogen-bond donors (Lipinski definition) is 2. The Labute approximate surface area is 136 Å². The van der Waals surface area contributed by atoms with Crippen molar-refractivity contribution >= 4 is 17.6 Å². The van der Waals surface area contributed by atoms with Crippen LogP contribution in [-0.2, 0) is 9.53 Å². The molecular weight excluding hydrogens is 296 g/mol. The van der Waals surface area contributed by atoms with Crippen LogP contribution in [0.4, 0.5) is 5.69 Å². The van der Waals surface area contributed by atoms with Gasteiger partial charge in [0.1, 0.15) is 6.04 Å². The second-order valence-electron chi connectivity index (χ2n) is 5.65. The SMILES string of the molecule is CCCCC(NC(=O)c1ccc(N2CCOCC2)cc1)C(=O)O. The van der Waals surface area contributed by atoms with Gasteiger partial charge in [0, 0.05) is 24.3 Å². The monoisotopic (exact) mass is 320 g/mol. The van der Waals surface area contributed by atoms with Gasteiger partial charge in [-0.2, -0.15) is 0 Å². The summed E-state index contributed by atoms with van der Waals surface area (Å²) in [5.74, 6) is -1.33. The lowest BCUT2D eigenvalue weighted by Crippen LogP contribution is -2.40. The molecule has 2 rings (SSSR count). The van der Waals surface area contributed by atoms with E-state index in [-0.39, 0.29) is 5.91 Å². The molecule has 0 saturated carbocycles. The summed E-state index contributed by atoms with van der Waals surface area (Å²) in [5, 5.41) is 11.8. The average Bonchev–Trinajstić information content (AvgIpc) is 2.59. The first-order valence-corrected chi connectivity index (χ1v) is 8.08. The molecule has 126 valence electrons. The molecule has 1 aromatic rings. The molecule has 23 heavy (non-hydrogen) atoms. The number of rotatable bonds is 7. The van der Waals surface area contributed by atoms with Crippen LogP contribution in [-0.4, -0.2) is 49.3 Å². The third-order valence-electron chi connectivity index (χ3n) is 3.96. The predicted octanol–water partition coefficient (Wildman–Crippen LogP) is 1.90. The standard InChI is InChI=1S/C17H24N2O4/c1-2-3-4-15(17(21)22)18-16(20)13-5-7-14(8-6-13)19-9-11-23-12-10-19/h5-8,15H,2-4,9-12H2,1H3,(H,18,20)(H,21,22). The second-order valence-corrected chi connectivity index (χ2v) is 5.65. The van der Waals surface area contributed by atoms with E-state index < -0.39 is 12.0 Å². The zero-order valence-corrected chi connectivity index (χ0v) is 13.5. The molecule has 1 aliphatic heterocycles. The third kappa shape index (κ3) is 4.96. The number of nitrogens with one attached hydrogen (secondary N) is 1. The number of carbonyl (C=O) groups excluding carboxylic acids is 1. The Hall–Kier alpha value is -2.08. The van der Waals surface area contributed by atoms with Crippen LogP contribution in [0.5, 0.6) is 0 Å². The molecule has 1 heterocycles. The Morgan fingerprint density at radius 1 is 1.26 bits per heavy atom. The number of nitrogens with zero attached hydrogens (tertiary/aromatic N) is 1. The van der Waals surface area contributed by atoms with Crippen molar-refractivity contribution in [3.05, 3.63) is 29.8 Å². The van der Waals surface area contributed by atoms with E-state index in [1.807, 2.05) is 19.1 Å². The zero-order chi connectivity index (χ0) is 16.7. The molecule has 0 radical (unpaired) electrons. The smallest absolute Gasteiger partial charge is 0.326 e. The van der Waals surface area contributed by atoms with Crippen molar-refractivity contribution in [2.24, 2.45) is 0 Å². The van der Waals surface area contributed by atoms with Crippen LogP contribution >= 0.6 is 0 Å². The predicted molar refractivity (Wildman–Crippen MR) is 87.9 cm³/mol. The summed E-state index contributed by atoms with van der Waals surface area (Å²) in [4.78, 5) is 25.6. The highest BCUT2D eigenvalue weighted by atomic mass is 16.5. The molecule has 1 unspecified atom stereocenters. The molecule has 0 bridgehead atoms. The van der Waals surface area contributed by atoms with Crippen LogP contribution in [0.3, 0.4) is 0 Å². The van der Waals surface area contributed by atoms with E-state index >= 15 is 0 Å². The number of carbonyl (C=O) groups is 2. The Morgan fingerprint density at radius 3 is 2.48 bits per heavy atom. The van der Waals surface area contributed by atoms with Crippen molar-refractivity contribution in [3.63, 3.8) is 0 Å². The average molecular weight is 320 g/mol. The van der Waals surface area contributed by atoms with Crippen LogP contribution in [0.15, 0.2) is 24.3 Å². The van der Waals surface area contributed by atoms with Crippen LogP contribution in [0.2, 0.25) is 0 Å². The number of amides is 1. The first-order chi connectivity index (χ1) is 11.1. The van der Waals surface area contributed by atoms with Gasteiger partial charge in [0.25, 0.3) is 5.91 Å². The van der Waals surface area contributed by atoms with E-state index in [1.165, 1.54) is 0 Å². The fraction of sp³-hybridized carbons (Fsp3) is 0.529. The third-order valence-corrected chi connectivity index (χ3v) is 3.96. The molecule has 1 amide bonds. The molecule has 1 fully saturated rings. The maximum atomic E-state index is 12.2. The first-order valence-electron chi connectivity index (χ1n) is 8.08. The van der Waals surface area contributed by atoms with Crippen molar-refractivity contribution in [1.29, 1.82) is 0 Å². The summed E-state index contributed by atoms with van der Waals surface area (Å²) in [7, 11) is 0. The lowest BCUT2D eigenvalue weighted by Gasteiger charge is -2.28. The van der Waals surface area contributed by atoms with Gasteiger partial charge in [-0.3, -0.25) is 4.79 Å². The minimum atomic E-state index is -0.989. The topological polar surface area (TPSA) is 78.9 Å². The van der Waals surface area contributed by atoms with E-state index in [0.717, 1.165) is 31.6 Å². The Morgan fingerprint density at radius 2 is 1.91 bits per heavy atom. The van der Waals surface area contributed by atoms with Crippen molar-refractivity contribution in [2.45, 2.75) is 32.2 Å². The lowest BCUT2D eigenvalue weighted by molar-refractivity contribution is -0.139. The summed E-state index contributed by atoms with van der Waals surface area (Å²) >= 11 is 0. The molecule has 2 N–H and O–H groups in total. The van der Waals surface area contributed by atoms with Crippen molar-refractivity contribution < 1.29 is 19.4 Å². The van der Waals surface area contributed by atoms with Gasteiger partial charge in [-0.1, -0.05) is 19.8 Å². The summed E-state index contributed by atoms with van der Waals surface area (Å²) < 4.78 is 5.32. The molecule has 1 aromatic carbocycles. The van der Waals surface area contributed by atoms with Crippen LogP contribution < -0.4 is 10.2 Å². The molecule has 1 saturated heterocycles. The van der Waals surface area contributed by atoms with Gasteiger partial charge < -0.3 is 20.1 Å². The van der Waals surface area contributed by atoms with E-state index in [9.17, 15) is 14.7 Å². The molecule has 1 atom stereocenters. The van der Waals surface area contributed by atoms with Crippen LogP contribution in [0.1, 0.15) is 36.5 Å². The summed E-state index contributed by atoms with van der Waals surface area (Å²) in [6.45, 7) is 5.08. The second kappa shape index (κ2) is 8.53. The number of unbranched alkanes of at least 4 members (excludes halogenated alkanes) is 1. The maximum Gasteiger partial charge on any atom is 0.326 e. The fourth-order valence-corrected chi connectivity index (χ4v) is 2.55. The molecule has 0 spiro atoms. The minimum absolute atomic E-state index is 0.345. The highest BCUT2D eigenvalue weighted by Crippen LogP contribution is 2.17. The van der Waals surface area contributed by atoms with Gasteiger partial charge in [-0.25, -0.2) is 4.79 Å². The number of ether oxygens (including phenoxy) is 1. The lowest BCUT2D eigenvalue weighted by atomic mass is 10.1. The molecular formula is C17H24N2O4. The van der Waals surface area contributed by atoms with Gasteiger partial charge >= 0.3 is 5.97 Å². The highest BCUT2D eigenvalue weighted by molar-refractivity contribution is 5.96. The van der Waals surface area contributed by atoms with Gasteiger partial charge in [0.15, 0.2) is 0 Å². The summed E-state index contributed by atoms with van der Waals surface area (Å²) in [5.41, 5.74) is 1.52. The van der Waals surface area contributed by atoms with Gasteiger partial charge in [-0.05, 0) is 30.7 Å². The number of morpholine rings is 1. The highest BCUT2D eigenvalue weighted by Gasteiger charge is 2.20. The van der Waals surface area contributed by atoms with Crippen molar-refractivity contribution in [2.75, 3.05) is 31.2 Å². The summed E-state index contributed by atoms with van der Waals surface area (Å²) in [6, 6.07) is 6.42. The zero-order valence-electron chi connectivity index (χ0n) is 13.5. The van der Waals surface area contributed by atoms with Gasteiger partial charge in [-0.15, -0.1) is 0 Å².